The van der Waals surface area contributed by atoms with E-state index in [-0.39, 0.29) is 5.41 Å². The van der Waals surface area contributed by atoms with Gasteiger partial charge < -0.3 is 4.74 Å². The summed E-state index contributed by atoms with van der Waals surface area (Å²) in [6.07, 6.45) is 1.51. The van der Waals surface area contributed by atoms with Gasteiger partial charge in [-0.25, -0.2) is 0 Å². The molecular formula is C14H13NOS. The molecule has 1 saturated heterocycles. The molecule has 0 radical (unpaired) electrons. The van der Waals surface area contributed by atoms with Crippen molar-refractivity contribution in [3.63, 3.8) is 0 Å². The van der Waals surface area contributed by atoms with Gasteiger partial charge in [0, 0.05) is 16.5 Å². The van der Waals surface area contributed by atoms with E-state index in [9.17, 15) is 0 Å². The first kappa shape index (κ1) is 10.8. The van der Waals surface area contributed by atoms with Crippen LogP contribution in [0, 0.1) is 11.3 Å². The van der Waals surface area contributed by atoms with Crippen molar-refractivity contribution >= 4 is 21.4 Å². The Morgan fingerprint density at radius 2 is 2.18 bits per heavy atom. The molecule has 17 heavy (non-hydrogen) atoms. The highest BCUT2D eigenvalue weighted by Crippen LogP contribution is 2.42. The monoisotopic (exact) mass is 243 g/mol. The maximum absolute atomic E-state index is 8.77. The minimum Gasteiger partial charge on any atom is -0.379 e. The number of nitriles is 1. The Bertz CT molecular complexity index is 577. The molecule has 2 nitrogen and oxygen atoms in total. The standard InChI is InChI=1S/C14H13NOS/c15-7-3-6-14(9-16-10-14)12-8-17-13-5-2-1-4-11(12)13/h1-2,4-5,8H,3,6,9-10H2. The Morgan fingerprint density at radius 1 is 1.35 bits per heavy atom. The van der Waals surface area contributed by atoms with Gasteiger partial charge in [0.25, 0.3) is 0 Å². The second kappa shape index (κ2) is 4.14. The molecule has 0 saturated carbocycles. The number of thiophene rings is 1. The smallest absolute Gasteiger partial charge is 0.0622 e. The molecule has 0 bridgehead atoms. The highest BCUT2D eigenvalue weighted by Gasteiger charge is 2.41. The second-order valence-corrected chi connectivity index (χ2v) is 5.49. The van der Waals surface area contributed by atoms with Crippen molar-refractivity contribution in [2.75, 3.05) is 13.2 Å². The number of benzene rings is 1. The van der Waals surface area contributed by atoms with Crippen LogP contribution in [0.25, 0.3) is 10.1 Å². The third kappa shape index (κ3) is 1.65. The Morgan fingerprint density at radius 3 is 2.88 bits per heavy atom. The SMILES string of the molecule is N#CCCC1(c2csc3ccccc23)COC1. The van der Waals surface area contributed by atoms with Crippen LogP contribution in [0.1, 0.15) is 18.4 Å². The van der Waals surface area contributed by atoms with Crippen LogP contribution >= 0.6 is 11.3 Å². The first-order chi connectivity index (χ1) is 8.36. The summed E-state index contributed by atoms with van der Waals surface area (Å²) in [5.41, 5.74) is 1.47. The molecule has 1 aliphatic heterocycles. The molecule has 1 aliphatic rings. The van der Waals surface area contributed by atoms with E-state index in [1.807, 2.05) is 0 Å². The zero-order valence-corrected chi connectivity index (χ0v) is 10.3. The normalized spacial score (nSPS) is 17.6. The quantitative estimate of drug-likeness (QED) is 0.827. The first-order valence-corrected chi connectivity index (χ1v) is 6.65. The molecule has 86 valence electrons. The topological polar surface area (TPSA) is 33.0 Å². The van der Waals surface area contributed by atoms with Gasteiger partial charge in [-0.3, -0.25) is 0 Å². The average Bonchev–Trinajstić information content (AvgIpc) is 2.73. The Kier molecular flexibility index (Phi) is 2.62. The summed E-state index contributed by atoms with van der Waals surface area (Å²) in [6, 6.07) is 10.7. The Balaban J connectivity index is 2.04. The summed E-state index contributed by atoms with van der Waals surface area (Å²) >= 11 is 1.79. The summed E-state index contributed by atoms with van der Waals surface area (Å²) in [6.45, 7) is 1.52. The minimum atomic E-state index is 0.0926. The minimum absolute atomic E-state index is 0.0926. The van der Waals surface area contributed by atoms with Crippen LogP contribution in [0.5, 0.6) is 0 Å². The number of fused-ring (bicyclic) bond motifs is 1. The average molecular weight is 243 g/mol. The first-order valence-electron chi connectivity index (χ1n) is 5.77. The molecule has 1 aromatic heterocycles. The van der Waals surface area contributed by atoms with Crippen molar-refractivity contribution in [2.45, 2.75) is 18.3 Å². The Labute approximate surface area is 104 Å². The molecule has 0 spiro atoms. The van der Waals surface area contributed by atoms with Gasteiger partial charge in [-0.15, -0.1) is 11.3 Å². The van der Waals surface area contributed by atoms with Crippen LogP contribution < -0.4 is 0 Å². The fourth-order valence-electron chi connectivity index (χ4n) is 2.47. The molecule has 0 aliphatic carbocycles. The van der Waals surface area contributed by atoms with E-state index in [1.54, 1.807) is 11.3 Å². The number of ether oxygens (including phenoxy) is 1. The molecule has 0 atom stereocenters. The lowest BCUT2D eigenvalue weighted by atomic mass is 9.75. The maximum Gasteiger partial charge on any atom is 0.0622 e. The molecule has 3 rings (SSSR count). The van der Waals surface area contributed by atoms with Crippen LogP contribution in [0.3, 0.4) is 0 Å². The number of hydrogen-bond donors (Lipinski definition) is 0. The molecule has 2 aromatic rings. The van der Waals surface area contributed by atoms with Gasteiger partial charge in [-0.1, -0.05) is 18.2 Å². The molecule has 2 heterocycles. The molecule has 1 fully saturated rings. The van der Waals surface area contributed by atoms with Gasteiger partial charge in [-0.2, -0.15) is 5.26 Å². The van der Waals surface area contributed by atoms with E-state index < -0.39 is 0 Å². The number of rotatable bonds is 3. The fourth-order valence-corrected chi connectivity index (χ4v) is 3.55. The Hall–Kier alpha value is -1.37. The largest absolute Gasteiger partial charge is 0.379 e. The summed E-state index contributed by atoms with van der Waals surface area (Å²) in [4.78, 5) is 0. The second-order valence-electron chi connectivity index (χ2n) is 4.58. The predicted molar refractivity (Wildman–Crippen MR) is 69.2 cm³/mol. The lowest BCUT2D eigenvalue weighted by Gasteiger charge is -2.41. The van der Waals surface area contributed by atoms with Crippen LogP contribution in [0.2, 0.25) is 0 Å². The van der Waals surface area contributed by atoms with Crippen LogP contribution in [-0.4, -0.2) is 13.2 Å². The van der Waals surface area contributed by atoms with E-state index in [4.69, 9.17) is 10.00 Å². The zero-order chi connectivity index (χ0) is 11.7. The van der Waals surface area contributed by atoms with E-state index >= 15 is 0 Å². The van der Waals surface area contributed by atoms with Gasteiger partial charge in [0.15, 0.2) is 0 Å². The number of hydrogen-bond acceptors (Lipinski definition) is 3. The molecule has 3 heteroatoms. The highest BCUT2D eigenvalue weighted by atomic mass is 32.1. The maximum atomic E-state index is 8.77. The van der Waals surface area contributed by atoms with Crippen molar-refractivity contribution in [3.8, 4) is 6.07 Å². The van der Waals surface area contributed by atoms with Crippen molar-refractivity contribution in [3.05, 3.63) is 35.2 Å². The molecule has 0 unspecified atom stereocenters. The molecular weight excluding hydrogens is 230 g/mol. The highest BCUT2D eigenvalue weighted by molar-refractivity contribution is 7.17. The summed E-state index contributed by atoms with van der Waals surface area (Å²) < 4.78 is 6.73. The van der Waals surface area contributed by atoms with Crippen molar-refractivity contribution in [2.24, 2.45) is 0 Å². The molecule has 1 aromatic carbocycles. The fraction of sp³-hybridized carbons (Fsp3) is 0.357. The van der Waals surface area contributed by atoms with Crippen LogP contribution in [-0.2, 0) is 10.2 Å². The van der Waals surface area contributed by atoms with E-state index in [1.165, 1.54) is 15.6 Å². The van der Waals surface area contributed by atoms with Gasteiger partial charge in [0.2, 0.25) is 0 Å². The van der Waals surface area contributed by atoms with Crippen molar-refractivity contribution in [1.82, 2.24) is 0 Å². The third-order valence-corrected chi connectivity index (χ3v) is 4.49. The third-order valence-electron chi connectivity index (χ3n) is 3.52. The van der Waals surface area contributed by atoms with Gasteiger partial charge in [0.1, 0.15) is 0 Å². The van der Waals surface area contributed by atoms with Crippen LogP contribution in [0.4, 0.5) is 0 Å². The van der Waals surface area contributed by atoms with Gasteiger partial charge >= 0.3 is 0 Å². The summed E-state index contributed by atoms with van der Waals surface area (Å²) in [5, 5.41) is 12.3. The van der Waals surface area contributed by atoms with E-state index in [0.717, 1.165) is 19.6 Å². The number of nitrogens with zero attached hydrogens (tertiary/aromatic N) is 1. The van der Waals surface area contributed by atoms with E-state index in [0.29, 0.717) is 6.42 Å². The summed E-state index contributed by atoms with van der Waals surface area (Å²) in [5.74, 6) is 0. The molecule has 0 amide bonds. The van der Waals surface area contributed by atoms with Crippen molar-refractivity contribution < 1.29 is 4.74 Å². The lowest BCUT2D eigenvalue weighted by molar-refractivity contribution is -0.0627. The van der Waals surface area contributed by atoms with Gasteiger partial charge in [-0.05, 0) is 28.8 Å². The van der Waals surface area contributed by atoms with E-state index in [2.05, 4.69) is 35.7 Å². The predicted octanol–water partition coefficient (Wildman–Crippen LogP) is 3.47. The van der Waals surface area contributed by atoms with Crippen molar-refractivity contribution in [1.29, 1.82) is 5.26 Å². The zero-order valence-electron chi connectivity index (χ0n) is 9.48. The van der Waals surface area contributed by atoms with Crippen LogP contribution in [0.15, 0.2) is 29.6 Å². The summed E-state index contributed by atoms with van der Waals surface area (Å²) in [7, 11) is 0. The molecule has 0 N–H and O–H groups in total. The lowest BCUT2D eigenvalue weighted by Crippen LogP contribution is -2.46. The van der Waals surface area contributed by atoms with Gasteiger partial charge in [0.05, 0.1) is 19.3 Å².